The Morgan fingerprint density at radius 3 is 2.57 bits per heavy atom. The SMILES string of the molecule is CNC(=S)N[NH+]=Cc1ccc(C)cc1. The normalized spacial score (nSPS) is 10.1. The summed E-state index contributed by atoms with van der Waals surface area (Å²) in [5, 5.41) is 6.25. The molecular weight excluding hydrogens is 194 g/mol. The summed E-state index contributed by atoms with van der Waals surface area (Å²) in [5.41, 5.74) is 5.16. The van der Waals surface area contributed by atoms with E-state index < -0.39 is 0 Å². The van der Waals surface area contributed by atoms with Crippen molar-refractivity contribution in [1.82, 2.24) is 10.7 Å². The third kappa shape index (κ3) is 3.53. The molecule has 74 valence electrons. The Kier molecular flexibility index (Phi) is 4.07. The average molecular weight is 208 g/mol. The quantitative estimate of drug-likeness (QED) is 0.349. The van der Waals surface area contributed by atoms with Gasteiger partial charge in [-0.05, 0) is 31.3 Å². The third-order valence-electron chi connectivity index (χ3n) is 1.73. The summed E-state index contributed by atoms with van der Waals surface area (Å²) in [7, 11) is 1.77. The van der Waals surface area contributed by atoms with E-state index >= 15 is 0 Å². The molecule has 0 bridgehead atoms. The van der Waals surface area contributed by atoms with Gasteiger partial charge in [-0.1, -0.05) is 17.7 Å². The molecular formula is C10H14N3S+. The van der Waals surface area contributed by atoms with E-state index in [2.05, 4.69) is 34.9 Å². The molecule has 0 saturated heterocycles. The maximum atomic E-state index is 4.89. The van der Waals surface area contributed by atoms with Crippen LogP contribution in [0.1, 0.15) is 11.1 Å². The van der Waals surface area contributed by atoms with Gasteiger partial charge in [-0.25, -0.2) is 0 Å². The Morgan fingerprint density at radius 2 is 2.00 bits per heavy atom. The van der Waals surface area contributed by atoms with E-state index in [4.69, 9.17) is 12.2 Å². The van der Waals surface area contributed by atoms with Gasteiger partial charge in [0.05, 0.1) is 0 Å². The van der Waals surface area contributed by atoms with Gasteiger partial charge >= 0.3 is 0 Å². The van der Waals surface area contributed by atoms with Crippen molar-refractivity contribution in [1.29, 1.82) is 0 Å². The van der Waals surface area contributed by atoms with Crippen LogP contribution in [0.15, 0.2) is 24.3 Å². The molecule has 0 fully saturated rings. The lowest BCUT2D eigenvalue weighted by atomic mass is 10.2. The topological polar surface area (TPSA) is 38.0 Å². The van der Waals surface area contributed by atoms with E-state index in [9.17, 15) is 0 Å². The minimum Gasteiger partial charge on any atom is -0.361 e. The molecule has 0 amide bonds. The summed E-state index contributed by atoms with van der Waals surface area (Å²) >= 11 is 4.89. The number of hydrogen-bond acceptors (Lipinski definition) is 1. The van der Waals surface area contributed by atoms with Crippen LogP contribution in [0.4, 0.5) is 0 Å². The Bertz CT molecular complexity index is 330. The Balaban J connectivity index is 2.52. The van der Waals surface area contributed by atoms with Crippen LogP contribution in [0.2, 0.25) is 0 Å². The fourth-order valence-electron chi connectivity index (χ4n) is 0.910. The highest BCUT2D eigenvalue weighted by molar-refractivity contribution is 7.80. The highest BCUT2D eigenvalue weighted by Crippen LogP contribution is 1.98. The minimum atomic E-state index is 0.563. The van der Waals surface area contributed by atoms with Crippen LogP contribution >= 0.6 is 12.2 Å². The molecule has 1 aromatic carbocycles. The number of hydrogen-bond donors (Lipinski definition) is 3. The second kappa shape index (κ2) is 5.34. The molecule has 0 aromatic heterocycles. The summed E-state index contributed by atoms with van der Waals surface area (Å²) in [6.45, 7) is 2.06. The number of thiocarbonyl (C=S) groups is 1. The van der Waals surface area contributed by atoms with Crippen LogP contribution < -0.4 is 15.8 Å². The zero-order valence-corrected chi connectivity index (χ0v) is 9.11. The molecule has 0 heterocycles. The van der Waals surface area contributed by atoms with Gasteiger partial charge in [0.25, 0.3) is 0 Å². The lowest BCUT2D eigenvalue weighted by molar-refractivity contribution is -0.500. The van der Waals surface area contributed by atoms with Crippen molar-refractivity contribution in [2.45, 2.75) is 6.92 Å². The van der Waals surface area contributed by atoms with E-state index in [1.807, 2.05) is 18.3 Å². The predicted molar refractivity (Wildman–Crippen MR) is 62.1 cm³/mol. The highest BCUT2D eigenvalue weighted by Gasteiger charge is 1.92. The number of aryl methyl sites for hydroxylation is 1. The second-order valence-electron chi connectivity index (χ2n) is 2.90. The van der Waals surface area contributed by atoms with Crippen LogP contribution in [-0.2, 0) is 0 Å². The van der Waals surface area contributed by atoms with E-state index in [0.29, 0.717) is 5.11 Å². The van der Waals surface area contributed by atoms with E-state index in [0.717, 1.165) is 5.56 Å². The van der Waals surface area contributed by atoms with E-state index in [1.54, 1.807) is 7.05 Å². The molecule has 1 rings (SSSR count). The molecule has 3 nitrogen and oxygen atoms in total. The van der Waals surface area contributed by atoms with Gasteiger partial charge < -0.3 is 5.32 Å². The Labute approximate surface area is 89.2 Å². The molecule has 0 saturated carbocycles. The van der Waals surface area contributed by atoms with Crippen LogP contribution in [0.25, 0.3) is 0 Å². The standard InChI is InChI=1S/C10H13N3S/c1-8-3-5-9(6-4-8)7-12-13-10(14)11-2/h3-7H,1-2H3,(H2,11,13,14)/p+1. The molecule has 0 aliphatic heterocycles. The minimum absolute atomic E-state index is 0.563. The maximum Gasteiger partial charge on any atom is 0.223 e. The first-order valence-electron chi connectivity index (χ1n) is 4.35. The first-order valence-corrected chi connectivity index (χ1v) is 4.76. The van der Waals surface area contributed by atoms with Crippen LogP contribution in [0.5, 0.6) is 0 Å². The van der Waals surface area contributed by atoms with Crippen LogP contribution in [0, 0.1) is 6.92 Å². The molecule has 0 atom stereocenters. The van der Waals surface area contributed by atoms with Crippen LogP contribution in [0.3, 0.4) is 0 Å². The van der Waals surface area contributed by atoms with Gasteiger partial charge in [0.1, 0.15) is 0 Å². The van der Waals surface area contributed by atoms with Crippen molar-refractivity contribution in [2.24, 2.45) is 0 Å². The van der Waals surface area contributed by atoms with Gasteiger partial charge in [0.15, 0.2) is 6.21 Å². The molecule has 4 heteroatoms. The molecule has 14 heavy (non-hydrogen) atoms. The van der Waals surface area contributed by atoms with Crippen molar-refractivity contribution >= 4 is 23.5 Å². The van der Waals surface area contributed by atoms with Crippen molar-refractivity contribution in [3.8, 4) is 0 Å². The zero-order valence-electron chi connectivity index (χ0n) is 8.29. The lowest BCUT2D eigenvalue weighted by Crippen LogP contribution is -2.82. The molecule has 1 aromatic rings. The van der Waals surface area contributed by atoms with Gasteiger partial charge in [0, 0.05) is 12.6 Å². The summed E-state index contributed by atoms with van der Waals surface area (Å²) in [6, 6.07) is 8.19. The molecule has 3 N–H and O–H groups in total. The largest absolute Gasteiger partial charge is 0.361 e. The summed E-state index contributed by atoms with van der Waals surface area (Å²) in [6.07, 6.45) is 1.85. The number of benzene rings is 1. The first kappa shape index (κ1) is 10.7. The van der Waals surface area contributed by atoms with Crippen molar-refractivity contribution in [3.05, 3.63) is 35.4 Å². The highest BCUT2D eigenvalue weighted by atomic mass is 32.1. The Morgan fingerprint density at radius 1 is 1.36 bits per heavy atom. The fraction of sp³-hybridized carbons (Fsp3) is 0.200. The first-order chi connectivity index (χ1) is 6.72. The molecule has 0 aliphatic rings. The smallest absolute Gasteiger partial charge is 0.223 e. The lowest BCUT2D eigenvalue weighted by Gasteiger charge is -1.94. The molecule has 0 spiro atoms. The van der Waals surface area contributed by atoms with E-state index in [1.165, 1.54) is 5.56 Å². The number of nitrogens with one attached hydrogen (secondary N) is 3. The number of hydrazine groups is 1. The molecule has 0 radical (unpaired) electrons. The van der Waals surface area contributed by atoms with Crippen LogP contribution in [-0.4, -0.2) is 18.4 Å². The zero-order chi connectivity index (χ0) is 10.4. The Hall–Kier alpha value is -1.42. The maximum absolute atomic E-state index is 4.89. The monoisotopic (exact) mass is 208 g/mol. The third-order valence-corrected chi connectivity index (χ3v) is 2.04. The predicted octanol–water partition coefficient (Wildman–Crippen LogP) is -0.497. The summed E-state index contributed by atoms with van der Waals surface area (Å²) in [4.78, 5) is 0. The fourth-order valence-corrected chi connectivity index (χ4v) is 0.969. The number of rotatable bonds is 2. The van der Waals surface area contributed by atoms with E-state index in [-0.39, 0.29) is 0 Å². The summed E-state index contributed by atoms with van der Waals surface area (Å²) in [5.74, 6) is 0. The van der Waals surface area contributed by atoms with Gasteiger partial charge in [-0.15, -0.1) is 10.5 Å². The van der Waals surface area contributed by atoms with Gasteiger partial charge in [-0.2, -0.15) is 0 Å². The summed E-state index contributed by atoms with van der Waals surface area (Å²) < 4.78 is 0. The van der Waals surface area contributed by atoms with Gasteiger partial charge in [-0.3, -0.25) is 0 Å². The van der Waals surface area contributed by atoms with Crippen molar-refractivity contribution in [2.75, 3.05) is 7.05 Å². The van der Waals surface area contributed by atoms with Crippen molar-refractivity contribution < 1.29 is 5.10 Å². The average Bonchev–Trinajstić information content (AvgIpc) is 2.21. The van der Waals surface area contributed by atoms with Gasteiger partial charge in [0.2, 0.25) is 5.11 Å². The molecule has 0 unspecified atom stereocenters. The van der Waals surface area contributed by atoms with Crippen molar-refractivity contribution in [3.63, 3.8) is 0 Å². The second-order valence-corrected chi connectivity index (χ2v) is 3.31. The number of hydrazone groups is 1. The molecule has 0 aliphatic carbocycles.